The number of carbonyl (C=O) groups excluding carboxylic acids is 2. The molecule has 1 unspecified atom stereocenters. The average Bonchev–Trinajstić information content (AvgIpc) is 2.80. The van der Waals surface area contributed by atoms with Crippen LogP contribution < -0.4 is 5.32 Å². The summed E-state index contributed by atoms with van der Waals surface area (Å²) in [5, 5.41) is 2.79. The summed E-state index contributed by atoms with van der Waals surface area (Å²) >= 11 is 0. The first-order chi connectivity index (χ1) is 15.3. The van der Waals surface area contributed by atoms with E-state index in [9.17, 15) is 22.8 Å². The van der Waals surface area contributed by atoms with Gasteiger partial charge in [0.05, 0.1) is 24.7 Å². The van der Waals surface area contributed by atoms with Crippen LogP contribution in [-0.4, -0.2) is 61.6 Å². The maximum atomic E-state index is 13.1. The van der Waals surface area contributed by atoms with Gasteiger partial charge in [0.25, 0.3) is 0 Å². The fraction of sp³-hybridized carbons (Fsp3) is 0.391. The predicted molar refractivity (Wildman–Crippen MR) is 113 cm³/mol. The van der Waals surface area contributed by atoms with E-state index in [0.29, 0.717) is 31.9 Å². The molecule has 0 spiro atoms. The lowest BCUT2D eigenvalue weighted by molar-refractivity contribution is -0.138. The zero-order valence-electron chi connectivity index (χ0n) is 17.8. The number of hydrogen-bond acceptors (Lipinski definition) is 3. The van der Waals surface area contributed by atoms with Crippen molar-refractivity contribution in [2.45, 2.75) is 18.6 Å². The van der Waals surface area contributed by atoms with Gasteiger partial charge in [-0.1, -0.05) is 42.5 Å². The van der Waals surface area contributed by atoms with Gasteiger partial charge < -0.3 is 19.9 Å². The van der Waals surface area contributed by atoms with Gasteiger partial charge in [0.2, 0.25) is 5.91 Å². The summed E-state index contributed by atoms with van der Waals surface area (Å²) in [7, 11) is 1.55. The first kappa shape index (κ1) is 23.6. The van der Waals surface area contributed by atoms with Crippen LogP contribution >= 0.6 is 0 Å². The number of carbonyl (C=O) groups is 2. The number of halogens is 3. The Morgan fingerprint density at radius 2 is 1.69 bits per heavy atom. The second kappa shape index (κ2) is 10.5. The summed E-state index contributed by atoms with van der Waals surface area (Å²) in [6.45, 7) is 2.21. The number of nitrogens with one attached hydrogen (secondary N) is 1. The lowest BCUT2D eigenvalue weighted by atomic mass is 9.97. The van der Waals surface area contributed by atoms with Gasteiger partial charge in [0.1, 0.15) is 0 Å². The number of benzene rings is 2. The maximum Gasteiger partial charge on any atom is 0.416 e. The van der Waals surface area contributed by atoms with E-state index in [1.54, 1.807) is 11.9 Å². The molecule has 6 nitrogen and oxygen atoms in total. The fourth-order valence-electron chi connectivity index (χ4n) is 3.51. The predicted octanol–water partition coefficient (Wildman–Crippen LogP) is 3.49. The fourth-order valence-corrected chi connectivity index (χ4v) is 3.51. The van der Waals surface area contributed by atoms with Crippen LogP contribution in [0.5, 0.6) is 0 Å². The zero-order valence-corrected chi connectivity index (χ0v) is 17.8. The molecule has 9 heteroatoms. The molecular weight excluding hydrogens is 423 g/mol. The molecule has 1 N–H and O–H groups in total. The van der Waals surface area contributed by atoms with Crippen LogP contribution in [0.2, 0.25) is 0 Å². The van der Waals surface area contributed by atoms with Crippen LogP contribution in [-0.2, 0) is 22.3 Å². The molecule has 0 saturated carbocycles. The maximum absolute atomic E-state index is 13.1. The van der Waals surface area contributed by atoms with Gasteiger partial charge in [0, 0.05) is 33.2 Å². The Hall–Kier alpha value is -3.07. The Morgan fingerprint density at radius 3 is 2.28 bits per heavy atom. The minimum Gasteiger partial charge on any atom is -0.378 e. The number of rotatable bonds is 6. The number of amides is 3. The minimum absolute atomic E-state index is 0.0785. The van der Waals surface area contributed by atoms with Gasteiger partial charge in [0.15, 0.2) is 0 Å². The van der Waals surface area contributed by atoms with E-state index in [1.165, 1.54) is 17.0 Å². The molecule has 3 amide bonds. The van der Waals surface area contributed by atoms with E-state index in [4.69, 9.17) is 4.74 Å². The summed E-state index contributed by atoms with van der Waals surface area (Å²) in [5.41, 5.74) is 0.634. The second-order valence-corrected chi connectivity index (χ2v) is 7.64. The number of nitrogens with zero attached hydrogens (tertiary/aromatic N) is 2. The molecule has 1 heterocycles. The molecule has 0 aliphatic carbocycles. The summed E-state index contributed by atoms with van der Waals surface area (Å²) in [6.07, 6.45) is -4.40. The van der Waals surface area contributed by atoms with Crippen LogP contribution in [0.15, 0.2) is 54.6 Å². The number of ether oxygens (including phenoxy) is 1. The molecule has 1 aliphatic rings. The lowest BCUT2D eigenvalue weighted by Gasteiger charge is -2.31. The zero-order chi connectivity index (χ0) is 23.1. The molecule has 1 atom stereocenters. The molecule has 1 saturated heterocycles. The molecule has 2 aromatic carbocycles. The van der Waals surface area contributed by atoms with E-state index in [-0.39, 0.29) is 19.0 Å². The van der Waals surface area contributed by atoms with Crippen LogP contribution in [0.3, 0.4) is 0 Å². The van der Waals surface area contributed by atoms with E-state index in [0.717, 1.165) is 17.7 Å². The van der Waals surface area contributed by atoms with Crippen molar-refractivity contribution in [3.63, 3.8) is 0 Å². The van der Waals surface area contributed by atoms with E-state index in [2.05, 4.69) is 5.32 Å². The minimum atomic E-state index is -4.40. The van der Waals surface area contributed by atoms with Gasteiger partial charge in [-0.3, -0.25) is 4.79 Å². The van der Waals surface area contributed by atoms with E-state index >= 15 is 0 Å². The lowest BCUT2D eigenvalue weighted by Crippen LogP contribution is -2.46. The largest absolute Gasteiger partial charge is 0.416 e. The molecule has 32 heavy (non-hydrogen) atoms. The Kier molecular flexibility index (Phi) is 7.74. The summed E-state index contributed by atoms with van der Waals surface area (Å²) in [5.74, 6) is -0.622. The third kappa shape index (κ3) is 6.23. The Morgan fingerprint density at radius 1 is 1.06 bits per heavy atom. The van der Waals surface area contributed by atoms with Crippen molar-refractivity contribution >= 4 is 11.9 Å². The molecular formula is C23H26F3N3O3. The van der Waals surface area contributed by atoms with Gasteiger partial charge in [-0.05, 0) is 23.3 Å². The van der Waals surface area contributed by atoms with Crippen molar-refractivity contribution in [1.82, 2.24) is 15.1 Å². The smallest absolute Gasteiger partial charge is 0.378 e. The van der Waals surface area contributed by atoms with Crippen LogP contribution in [0.4, 0.5) is 18.0 Å². The Labute approximate surface area is 184 Å². The van der Waals surface area contributed by atoms with Gasteiger partial charge in [-0.25, -0.2) is 4.79 Å². The standard InChI is InChI=1S/C23H26F3N3O3/c1-28(16-17-7-9-19(10-8-17)23(24,25)26)22(31)27-15-20(18-5-3-2-4-6-18)21(30)29-11-13-32-14-12-29/h2-10,20H,11-16H2,1H3,(H,27,31). The number of urea groups is 1. The first-order valence-electron chi connectivity index (χ1n) is 10.3. The number of hydrogen-bond donors (Lipinski definition) is 1. The monoisotopic (exact) mass is 449 g/mol. The molecule has 2 aromatic rings. The molecule has 1 aliphatic heterocycles. The first-order valence-corrected chi connectivity index (χ1v) is 10.3. The Bertz CT molecular complexity index is 898. The normalized spacial score (nSPS) is 15.2. The molecule has 3 rings (SSSR count). The SMILES string of the molecule is CN(Cc1ccc(C(F)(F)F)cc1)C(=O)NCC(C(=O)N1CCOCC1)c1ccccc1. The van der Waals surface area contributed by atoms with Crippen molar-refractivity contribution < 1.29 is 27.5 Å². The molecule has 0 radical (unpaired) electrons. The van der Waals surface area contributed by atoms with Crippen molar-refractivity contribution in [3.05, 3.63) is 71.3 Å². The molecule has 172 valence electrons. The summed E-state index contributed by atoms with van der Waals surface area (Å²) in [6, 6.07) is 13.5. The van der Waals surface area contributed by atoms with Crippen LogP contribution in [0, 0.1) is 0 Å². The van der Waals surface area contributed by atoms with Crippen molar-refractivity contribution in [3.8, 4) is 0 Å². The highest BCUT2D eigenvalue weighted by molar-refractivity contribution is 5.85. The van der Waals surface area contributed by atoms with Gasteiger partial charge >= 0.3 is 12.2 Å². The van der Waals surface area contributed by atoms with Crippen molar-refractivity contribution in [1.29, 1.82) is 0 Å². The molecule has 0 bridgehead atoms. The highest BCUT2D eigenvalue weighted by Crippen LogP contribution is 2.29. The molecule has 0 aromatic heterocycles. The van der Waals surface area contributed by atoms with Crippen molar-refractivity contribution in [2.75, 3.05) is 39.9 Å². The average molecular weight is 449 g/mol. The number of alkyl halides is 3. The van der Waals surface area contributed by atoms with E-state index in [1.807, 2.05) is 30.3 Å². The molecule has 1 fully saturated rings. The highest BCUT2D eigenvalue weighted by Gasteiger charge is 2.30. The third-order valence-corrected chi connectivity index (χ3v) is 5.33. The Balaban J connectivity index is 1.62. The quantitative estimate of drug-likeness (QED) is 0.735. The van der Waals surface area contributed by atoms with Crippen molar-refractivity contribution in [2.24, 2.45) is 0 Å². The van der Waals surface area contributed by atoms with Crippen LogP contribution in [0.1, 0.15) is 22.6 Å². The summed E-state index contributed by atoms with van der Waals surface area (Å²) < 4.78 is 43.5. The van der Waals surface area contributed by atoms with Gasteiger partial charge in [-0.15, -0.1) is 0 Å². The van der Waals surface area contributed by atoms with Crippen LogP contribution in [0.25, 0.3) is 0 Å². The topological polar surface area (TPSA) is 61.9 Å². The summed E-state index contributed by atoms with van der Waals surface area (Å²) in [4.78, 5) is 28.8. The third-order valence-electron chi connectivity index (χ3n) is 5.33. The van der Waals surface area contributed by atoms with Gasteiger partial charge in [-0.2, -0.15) is 13.2 Å². The highest BCUT2D eigenvalue weighted by atomic mass is 19.4. The second-order valence-electron chi connectivity index (χ2n) is 7.64. The number of morpholine rings is 1. The van der Waals surface area contributed by atoms with E-state index < -0.39 is 23.7 Å².